The standard InChI is InChI=1S/C54H99NO7/c1-6-8-10-12-14-16-18-20-22-23-24-25-26-27-28-29-31-32-34-36-38-40-42-44-52(56)61-49-50(48-60-47-46-51(54(58)59)55(3,4)5)62-53(57)45-43-41-39-37-35-33-30-21-19-17-15-13-11-9-7-2/h9,11,15,17,21,30,50-51H,6-8,10,12-14,16,18-20,22-29,31-49H2,1-5H3/p+1/b11-9-,17-15-,30-21-. The van der Waals surface area contributed by atoms with Crippen molar-refractivity contribution >= 4 is 17.9 Å². The number of hydrogen-bond donors (Lipinski definition) is 1. The van der Waals surface area contributed by atoms with Crippen LogP contribution in [0.3, 0.4) is 0 Å². The molecule has 2 atom stereocenters. The Kier molecular flexibility index (Phi) is 43.3. The molecule has 0 radical (unpaired) electrons. The second kappa shape index (κ2) is 45.1. The van der Waals surface area contributed by atoms with Gasteiger partial charge in [0.1, 0.15) is 6.61 Å². The molecule has 0 aliphatic heterocycles. The quantitative estimate of drug-likeness (QED) is 0.0281. The van der Waals surface area contributed by atoms with Gasteiger partial charge < -0.3 is 23.8 Å². The highest BCUT2D eigenvalue weighted by atomic mass is 16.6. The zero-order chi connectivity index (χ0) is 45.6. The number of carbonyl (C=O) groups excluding carboxylic acids is 2. The van der Waals surface area contributed by atoms with Crippen LogP contribution in [-0.4, -0.2) is 80.6 Å². The van der Waals surface area contributed by atoms with E-state index in [2.05, 4.69) is 50.3 Å². The van der Waals surface area contributed by atoms with Crippen LogP contribution < -0.4 is 0 Å². The summed E-state index contributed by atoms with van der Waals surface area (Å²) in [4.78, 5) is 37.1. The van der Waals surface area contributed by atoms with Crippen LogP contribution in [0.2, 0.25) is 0 Å². The number of nitrogens with zero attached hydrogens (tertiary/aromatic N) is 1. The molecule has 0 aliphatic rings. The number of unbranched alkanes of at least 4 members (excludes halogenated alkanes) is 27. The van der Waals surface area contributed by atoms with Crippen molar-refractivity contribution in [3.8, 4) is 0 Å². The molecule has 0 fully saturated rings. The van der Waals surface area contributed by atoms with E-state index >= 15 is 0 Å². The lowest BCUT2D eigenvalue weighted by Crippen LogP contribution is -2.50. The summed E-state index contributed by atoms with van der Waals surface area (Å²) in [5, 5.41) is 9.65. The highest BCUT2D eigenvalue weighted by Gasteiger charge is 2.31. The first-order valence-electron chi connectivity index (χ1n) is 26.0. The van der Waals surface area contributed by atoms with Crippen molar-refractivity contribution in [2.24, 2.45) is 0 Å². The van der Waals surface area contributed by atoms with Crippen LogP contribution in [0.25, 0.3) is 0 Å². The van der Waals surface area contributed by atoms with Gasteiger partial charge in [-0.05, 0) is 44.9 Å². The van der Waals surface area contributed by atoms with Crippen LogP contribution >= 0.6 is 0 Å². The van der Waals surface area contributed by atoms with E-state index in [0.717, 1.165) is 77.0 Å². The molecular formula is C54H100NO7+. The van der Waals surface area contributed by atoms with Crippen molar-refractivity contribution in [1.29, 1.82) is 0 Å². The molecule has 8 nitrogen and oxygen atoms in total. The van der Waals surface area contributed by atoms with Crippen LogP contribution in [0, 0.1) is 0 Å². The maximum atomic E-state index is 12.8. The van der Waals surface area contributed by atoms with Gasteiger partial charge in [-0.3, -0.25) is 9.59 Å². The molecule has 362 valence electrons. The second-order valence-corrected chi connectivity index (χ2v) is 18.8. The lowest BCUT2D eigenvalue weighted by atomic mass is 10.0. The van der Waals surface area contributed by atoms with Crippen LogP contribution in [0.4, 0.5) is 0 Å². The van der Waals surface area contributed by atoms with Crippen molar-refractivity contribution in [2.45, 2.75) is 251 Å². The second-order valence-electron chi connectivity index (χ2n) is 18.8. The maximum absolute atomic E-state index is 12.8. The Labute approximate surface area is 383 Å². The van der Waals surface area contributed by atoms with Gasteiger partial charge in [0.15, 0.2) is 12.1 Å². The number of hydrogen-bond acceptors (Lipinski definition) is 6. The maximum Gasteiger partial charge on any atom is 0.362 e. The summed E-state index contributed by atoms with van der Waals surface area (Å²) < 4.78 is 17.3. The van der Waals surface area contributed by atoms with E-state index in [9.17, 15) is 19.5 Å². The average Bonchev–Trinajstić information content (AvgIpc) is 3.23. The van der Waals surface area contributed by atoms with Crippen molar-refractivity contribution in [2.75, 3.05) is 41.0 Å². The Balaban J connectivity index is 4.17. The molecule has 0 amide bonds. The van der Waals surface area contributed by atoms with Gasteiger partial charge in [-0.15, -0.1) is 0 Å². The van der Waals surface area contributed by atoms with Crippen LogP contribution in [0.15, 0.2) is 36.5 Å². The van der Waals surface area contributed by atoms with E-state index in [-0.39, 0.29) is 36.2 Å². The first-order valence-corrected chi connectivity index (χ1v) is 26.0. The Morgan fingerprint density at radius 3 is 1.34 bits per heavy atom. The third kappa shape index (κ3) is 42.8. The third-order valence-electron chi connectivity index (χ3n) is 11.8. The summed E-state index contributed by atoms with van der Waals surface area (Å²) in [5.41, 5.74) is 0. The Bertz CT molecular complexity index is 1110. The number of ether oxygens (including phenoxy) is 3. The highest BCUT2D eigenvalue weighted by Crippen LogP contribution is 2.17. The topological polar surface area (TPSA) is 99.1 Å². The summed E-state index contributed by atoms with van der Waals surface area (Å²) in [7, 11) is 5.53. The van der Waals surface area contributed by atoms with Gasteiger partial charge in [0, 0.05) is 19.3 Å². The summed E-state index contributed by atoms with van der Waals surface area (Å²) in [6.45, 7) is 4.64. The number of quaternary nitrogens is 1. The van der Waals surface area contributed by atoms with Gasteiger partial charge >= 0.3 is 17.9 Å². The predicted molar refractivity (Wildman–Crippen MR) is 261 cm³/mol. The predicted octanol–water partition coefficient (Wildman–Crippen LogP) is 15.0. The fourth-order valence-corrected chi connectivity index (χ4v) is 7.81. The summed E-state index contributed by atoms with van der Waals surface area (Å²) in [6.07, 6.45) is 53.5. The van der Waals surface area contributed by atoms with Crippen molar-refractivity contribution in [1.82, 2.24) is 0 Å². The number of likely N-dealkylation sites (N-methyl/N-ethyl adjacent to an activating group) is 1. The number of esters is 2. The van der Waals surface area contributed by atoms with E-state index in [1.807, 2.05) is 21.1 Å². The van der Waals surface area contributed by atoms with Gasteiger partial charge in [-0.2, -0.15) is 0 Å². The molecule has 0 saturated heterocycles. The molecule has 1 N–H and O–H groups in total. The third-order valence-corrected chi connectivity index (χ3v) is 11.8. The molecule has 0 aromatic carbocycles. The molecule has 2 unspecified atom stereocenters. The molecule has 62 heavy (non-hydrogen) atoms. The molecule has 0 aromatic heterocycles. The molecule has 0 aromatic rings. The Morgan fingerprint density at radius 1 is 0.500 bits per heavy atom. The summed E-state index contributed by atoms with van der Waals surface area (Å²) in [6, 6.07) is -0.617. The molecule has 0 saturated carbocycles. The number of allylic oxidation sites excluding steroid dienone is 6. The molecule has 8 heteroatoms. The Morgan fingerprint density at radius 2 is 0.903 bits per heavy atom. The van der Waals surface area contributed by atoms with E-state index < -0.39 is 18.1 Å². The van der Waals surface area contributed by atoms with Gasteiger partial charge in [0.2, 0.25) is 0 Å². The van der Waals surface area contributed by atoms with E-state index in [1.165, 1.54) is 128 Å². The zero-order valence-electron chi connectivity index (χ0n) is 41.3. The summed E-state index contributed by atoms with van der Waals surface area (Å²) >= 11 is 0. The van der Waals surface area contributed by atoms with Gasteiger partial charge in [0.25, 0.3) is 0 Å². The molecule has 0 aliphatic carbocycles. The van der Waals surface area contributed by atoms with Crippen LogP contribution in [0.1, 0.15) is 239 Å². The minimum absolute atomic E-state index is 0.0547. The van der Waals surface area contributed by atoms with Crippen LogP contribution in [0.5, 0.6) is 0 Å². The van der Waals surface area contributed by atoms with E-state index in [1.54, 1.807) is 0 Å². The van der Waals surface area contributed by atoms with Crippen molar-refractivity contribution in [3.05, 3.63) is 36.5 Å². The minimum atomic E-state index is -0.876. The summed E-state index contributed by atoms with van der Waals surface area (Å²) in [5.74, 6) is -1.48. The number of carboxylic acids is 1. The van der Waals surface area contributed by atoms with Crippen molar-refractivity contribution < 1.29 is 38.2 Å². The minimum Gasteiger partial charge on any atom is -0.477 e. The smallest absolute Gasteiger partial charge is 0.362 e. The number of rotatable bonds is 47. The Hall–Kier alpha value is -2.45. The normalized spacial score (nSPS) is 13.1. The monoisotopic (exact) mass is 875 g/mol. The molecule has 0 rings (SSSR count). The SMILES string of the molecule is CC/C=C\C/C=C\C/C=C\CCCCCCCC(=O)OC(COCCC(C(=O)O)[N+](C)(C)C)COC(=O)CCCCCCCCCCCCCCCCCCCCCCCCC. The van der Waals surface area contributed by atoms with Gasteiger partial charge in [-0.25, -0.2) is 4.79 Å². The number of aliphatic carboxylic acids is 1. The number of carbonyl (C=O) groups is 3. The lowest BCUT2D eigenvalue weighted by Gasteiger charge is -2.31. The first-order chi connectivity index (χ1) is 30.1. The fraction of sp³-hybridized carbons (Fsp3) is 0.833. The van der Waals surface area contributed by atoms with Crippen molar-refractivity contribution in [3.63, 3.8) is 0 Å². The van der Waals surface area contributed by atoms with E-state index in [4.69, 9.17) is 14.2 Å². The average molecular weight is 875 g/mol. The molecule has 0 bridgehead atoms. The number of carboxylic acid groups (broad SMARTS) is 1. The lowest BCUT2D eigenvalue weighted by molar-refractivity contribution is -0.887. The van der Waals surface area contributed by atoms with E-state index in [0.29, 0.717) is 19.3 Å². The molecule has 0 heterocycles. The fourth-order valence-electron chi connectivity index (χ4n) is 7.81. The molecular weight excluding hydrogens is 775 g/mol. The first kappa shape index (κ1) is 59.5. The largest absolute Gasteiger partial charge is 0.477 e. The van der Waals surface area contributed by atoms with Crippen LogP contribution in [-0.2, 0) is 28.6 Å². The highest BCUT2D eigenvalue weighted by molar-refractivity contribution is 5.72. The van der Waals surface area contributed by atoms with Gasteiger partial charge in [0.05, 0.1) is 34.4 Å². The molecule has 0 spiro atoms. The zero-order valence-corrected chi connectivity index (χ0v) is 41.3. The van der Waals surface area contributed by atoms with Gasteiger partial charge in [-0.1, -0.05) is 211 Å².